The van der Waals surface area contributed by atoms with E-state index in [9.17, 15) is 4.79 Å². The number of nitrogens with two attached hydrogens (primary N) is 1. The van der Waals surface area contributed by atoms with Crippen LogP contribution in [0.25, 0.3) is 6.08 Å². The summed E-state index contributed by atoms with van der Waals surface area (Å²) in [6, 6.07) is 8.13. The first-order valence-corrected chi connectivity index (χ1v) is 7.74. The van der Waals surface area contributed by atoms with Gasteiger partial charge in [-0.25, -0.2) is 0 Å². The van der Waals surface area contributed by atoms with Crippen LogP contribution in [0.4, 0.5) is 5.69 Å². The SMILES string of the molecule is COc1cc(C(=O)/C(Cl)=C\c2cc3c(cc2OC)OCO3)ccc1N. The molecule has 0 saturated carbocycles. The van der Waals surface area contributed by atoms with Gasteiger partial charge in [-0.05, 0) is 30.3 Å². The van der Waals surface area contributed by atoms with Gasteiger partial charge in [0.1, 0.15) is 11.5 Å². The first kappa shape index (κ1) is 17.0. The van der Waals surface area contributed by atoms with Gasteiger partial charge in [-0.3, -0.25) is 4.79 Å². The van der Waals surface area contributed by atoms with Crippen LogP contribution in [-0.2, 0) is 0 Å². The summed E-state index contributed by atoms with van der Waals surface area (Å²) in [6.45, 7) is 0.142. The van der Waals surface area contributed by atoms with Crippen LogP contribution in [0.5, 0.6) is 23.0 Å². The number of ether oxygens (including phenoxy) is 4. The van der Waals surface area contributed by atoms with Gasteiger partial charge in [-0.1, -0.05) is 11.6 Å². The molecular weight excluding hydrogens is 346 g/mol. The van der Waals surface area contributed by atoms with Crippen LogP contribution in [0.3, 0.4) is 0 Å². The van der Waals surface area contributed by atoms with Gasteiger partial charge in [0.25, 0.3) is 0 Å². The molecule has 1 aliphatic rings. The fraction of sp³-hybridized carbons (Fsp3) is 0.167. The molecule has 25 heavy (non-hydrogen) atoms. The van der Waals surface area contributed by atoms with Crippen LogP contribution in [-0.4, -0.2) is 26.8 Å². The number of benzene rings is 2. The van der Waals surface area contributed by atoms with Crippen molar-refractivity contribution in [3.05, 3.63) is 46.5 Å². The number of Topliss-reactive ketones (excluding diaryl/α,β-unsaturated/α-hetero) is 1. The summed E-state index contributed by atoms with van der Waals surface area (Å²) >= 11 is 6.23. The van der Waals surface area contributed by atoms with Crippen molar-refractivity contribution in [1.82, 2.24) is 0 Å². The molecule has 0 aliphatic carbocycles. The average molecular weight is 362 g/mol. The molecule has 0 amide bonds. The van der Waals surface area contributed by atoms with E-state index < -0.39 is 0 Å². The van der Waals surface area contributed by atoms with E-state index in [1.807, 2.05) is 0 Å². The summed E-state index contributed by atoms with van der Waals surface area (Å²) in [4.78, 5) is 12.6. The summed E-state index contributed by atoms with van der Waals surface area (Å²) in [7, 11) is 3.00. The molecule has 7 heteroatoms. The number of nitrogen functional groups attached to an aromatic ring is 1. The molecule has 130 valence electrons. The summed E-state index contributed by atoms with van der Waals surface area (Å²) in [5, 5.41) is 0.0176. The molecule has 0 aromatic heterocycles. The van der Waals surface area contributed by atoms with Crippen LogP contribution < -0.4 is 24.7 Å². The quantitative estimate of drug-likeness (QED) is 0.499. The van der Waals surface area contributed by atoms with Crippen LogP contribution in [0.2, 0.25) is 0 Å². The number of fused-ring (bicyclic) bond motifs is 1. The Hall–Kier alpha value is -2.86. The lowest BCUT2D eigenvalue weighted by molar-refractivity contribution is 0.104. The third kappa shape index (κ3) is 3.34. The van der Waals surface area contributed by atoms with Crippen molar-refractivity contribution in [2.45, 2.75) is 0 Å². The monoisotopic (exact) mass is 361 g/mol. The first-order valence-electron chi connectivity index (χ1n) is 7.36. The Kier molecular flexibility index (Phi) is 4.72. The van der Waals surface area contributed by atoms with E-state index in [4.69, 9.17) is 36.3 Å². The Bertz CT molecular complexity index is 863. The van der Waals surface area contributed by atoms with Crippen molar-refractivity contribution < 1.29 is 23.7 Å². The van der Waals surface area contributed by atoms with Crippen LogP contribution in [0.1, 0.15) is 15.9 Å². The van der Waals surface area contributed by atoms with Crippen molar-refractivity contribution in [2.75, 3.05) is 26.7 Å². The number of anilines is 1. The largest absolute Gasteiger partial charge is 0.496 e. The van der Waals surface area contributed by atoms with Gasteiger partial charge in [0.05, 0.1) is 24.9 Å². The zero-order chi connectivity index (χ0) is 18.0. The molecule has 0 bridgehead atoms. The van der Waals surface area contributed by atoms with Gasteiger partial charge in [0.2, 0.25) is 12.6 Å². The molecule has 2 aromatic carbocycles. The molecule has 1 aliphatic heterocycles. The topological polar surface area (TPSA) is 80.0 Å². The molecule has 0 saturated heterocycles. The number of rotatable bonds is 5. The van der Waals surface area contributed by atoms with Crippen molar-refractivity contribution in [3.63, 3.8) is 0 Å². The number of ketones is 1. The standard InChI is InChI=1S/C18H16ClNO5/c1-22-14-8-17-16(24-9-25-17)7-11(14)5-12(19)18(21)10-3-4-13(20)15(6-10)23-2/h3-8H,9,20H2,1-2H3/b12-5+. The molecular formula is C18H16ClNO5. The summed E-state index contributed by atoms with van der Waals surface area (Å²) in [5.41, 5.74) is 7.18. The average Bonchev–Trinajstić information content (AvgIpc) is 3.08. The van der Waals surface area contributed by atoms with Gasteiger partial charge in [0, 0.05) is 17.2 Å². The molecule has 0 spiro atoms. The lowest BCUT2D eigenvalue weighted by atomic mass is 10.1. The van der Waals surface area contributed by atoms with E-state index in [1.165, 1.54) is 20.3 Å². The molecule has 3 rings (SSSR count). The van der Waals surface area contributed by atoms with E-state index in [0.717, 1.165) is 0 Å². The maximum atomic E-state index is 12.6. The molecule has 2 N–H and O–H groups in total. The second-order valence-corrected chi connectivity index (χ2v) is 5.63. The highest BCUT2D eigenvalue weighted by Gasteiger charge is 2.19. The van der Waals surface area contributed by atoms with Gasteiger partial charge in [-0.15, -0.1) is 0 Å². The lowest BCUT2D eigenvalue weighted by Gasteiger charge is -2.08. The summed E-state index contributed by atoms with van der Waals surface area (Å²) in [5.74, 6) is 1.72. The first-order chi connectivity index (χ1) is 12.0. The maximum absolute atomic E-state index is 12.6. The number of carbonyl (C=O) groups is 1. The highest BCUT2D eigenvalue weighted by molar-refractivity contribution is 6.47. The maximum Gasteiger partial charge on any atom is 0.231 e. The van der Waals surface area contributed by atoms with E-state index in [1.54, 1.807) is 30.3 Å². The zero-order valence-corrected chi connectivity index (χ0v) is 14.4. The minimum Gasteiger partial charge on any atom is -0.496 e. The Morgan fingerprint density at radius 1 is 1.12 bits per heavy atom. The predicted octanol–water partition coefficient (Wildman–Crippen LogP) is 3.48. The minimum atomic E-state index is -0.361. The highest BCUT2D eigenvalue weighted by atomic mass is 35.5. The second kappa shape index (κ2) is 6.94. The van der Waals surface area contributed by atoms with E-state index >= 15 is 0 Å². The van der Waals surface area contributed by atoms with Crippen LogP contribution in [0.15, 0.2) is 35.4 Å². The lowest BCUT2D eigenvalue weighted by Crippen LogP contribution is -2.01. The van der Waals surface area contributed by atoms with Crippen molar-refractivity contribution >= 4 is 29.1 Å². The summed E-state index contributed by atoms with van der Waals surface area (Å²) in [6.07, 6.45) is 1.52. The number of halogens is 1. The smallest absolute Gasteiger partial charge is 0.231 e. The molecule has 0 fully saturated rings. The fourth-order valence-electron chi connectivity index (χ4n) is 2.42. The Labute approximate surface area is 149 Å². The van der Waals surface area contributed by atoms with Gasteiger partial charge in [-0.2, -0.15) is 0 Å². The van der Waals surface area contributed by atoms with E-state index in [2.05, 4.69) is 0 Å². The number of hydrogen-bond acceptors (Lipinski definition) is 6. The number of carbonyl (C=O) groups excluding carboxylic acids is 1. The van der Waals surface area contributed by atoms with E-state index in [0.29, 0.717) is 39.8 Å². The number of allylic oxidation sites excluding steroid dienone is 1. The number of methoxy groups -OCH3 is 2. The minimum absolute atomic E-state index is 0.0176. The Balaban J connectivity index is 1.95. The fourth-order valence-corrected chi connectivity index (χ4v) is 2.65. The molecule has 1 heterocycles. The third-order valence-corrected chi connectivity index (χ3v) is 4.00. The summed E-state index contributed by atoms with van der Waals surface area (Å²) < 4.78 is 21.1. The highest BCUT2D eigenvalue weighted by Crippen LogP contribution is 2.39. The van der Waals surface area contributed by atoms with E-state index in [-0.39, 0.29) is 17.6 Å². The normalized spacial score (nSPS) is 12.8. The van der Waals surface area contributed by atoms with Crippen molar-refractivity contribution in [3.8, 4) is 23.0 Å². The zero-order valence-electron chi connectivity index (χ0n) is 13.7. The van der Waals surface area contributed by atoms with Gasteiger partial charge >= 0.3 is 0 Å². The second-order valence-electron chi connectivity index (χ2n) is 5.23. The predicted molar refractivity (Wildman–Crippen MR) is 94.7 cm³/mol. The molecule has 0 unspecified atom stereocenters. The Morgan fingerprint density at radius 3 is 2.48 bits per heavy atom. The van der Waals surface area contributed by atoms with Crippen molar-refractivity contribution in [2.24, 2.45) is 0 Å². The van der Waals surface area contributed by atoms with Gasteiger partial charge < -0.3 is 24.7 Å². The molecule has 0 atom stereocenters. The van der Waals surface area contributed by atoms with Crippen LogP contribution >= 0.6 is 11.6 Å². The number of hydrogen-bond donors (Lipinski definition) is 1. The van der Waals surface area contributed by atoms with Crippen molar-refractivity contribution in [1.29, 1.82) is 0 Å². The molecule has 0 radical (unpaired) electrons. The molecule has 6 nitrogen and oxygen atoms in total. The van der Waals surface area contributed by atoms with Gasteiger partial charge in [0.15, 0.2) is 11.5 Å². The molecule has 2 aromatic rings. The van der Waals surface area contributed by atoms with Crippen LogP contribution in [0, 0.1) is 0 Å². The third-order valence-electron chi connectivity index (χ3n) is 3.72. The Morgan fingerprint density at radius 2 is 1.80 bits per heavy atom.